The second-order valence-corrected chi connectivity index (χ2v) is 8.51. The number of methoxy groups -OCH3 is 1. The van der Waals surface area contributed by atoms with Crippen LogP contribution in [0.4, 0.5) is 5.69 Å². The monoisotopic (exact) mass is 430 g/mol. The maximum atomic E-state index is 12.8. The molecule has 1 amide bonds. The Morgan fingerprint density at radius 3 is 2.76 bits per heavy atom. The molecule has 0 spiro atoms. The molecular formula is C20H18N2O5S2. The maximum Gasteiger partial charge on any atom is 0.284 e. The zero-order valence-electron chi connectivity index (χ0n) is 15.6. The van der Waals surface area contributed by atoms with Crippen molar-refractivity contribution in [2.45, 2.75) is 31.7 Å². The third-order valence-corrected chi connectivity index (χ3v) is 6.41. The number of ether oxygens (including phenoxy) is 1. The van der Waals surface area contributed by atoms with Gasteiger partial charge in [-0.1, -0.05) is 36.8 Å². The van der Waals surface area contributed by atoms with Crippen molar-refractivity contribution >= 4 is 46.0 Å². The fraction of sp³-hybridized carbons (Fsp3) is 0.300. The average Bonchev–Trinajstić information content (AvgIpc) is 3.43. The van der Waals surface area contributed by atoms with Gasteiger partial charge in [0.05, 0.1) is 28.6 Å². The summed E-state index contributed by atoms with van der Waals surface area (Å²) in [4.78, 5) is 26.0. The summed E-state index contributed by atoms with van der Waals surface area (Å²) in [6.45, 7) is 0. The molecule has 0 radical (unpaired) electrons. The summed E-state index contributed by atoms with van der Waals surface area (Å²) in [5, 5.41) is 11.4. The summed E-state index contributed by atoms with van der Waals surface area (Å²) in [6.07, 6.45) is 5.83. The fourth-order valence-electron chi connectivity index (χ4n) is 3.66. The van der Waals surface area contributed by atoms with Crippen molar-refractivity contribution in [2.75, 3.05) is 7.11 Å². The van der Waals surface area contributed by atoms with E-state index in [0.717, 1.165) is 25.7 Å². The van der Waals surface area contributed by atoms with E-state index in [4.69, 9.17) is 21.4 Å². The Morgan fingerprint density at radius 2 is 2.07 bits per heavy atom. The largest absolute Gasteiger partial charge is 0.497 e. The van der Waals surface area contributed by atoms with Crippen LogP contribution in [-0.4, -0.2) is 33.2 Å². The zero-order valence-corrected chi connectivity index (χ0v) is 17.3. The first-order chi connectivity index (χ1) is 14.0. The molecule has 0 bridgehead atoms. The summed E-state index contributed by atoms with van der Waals surface area (Å²) in [6, 6.07) is 8.09. The first-order valence-corrected chi connectivity index (χ1v) is 10.4. The molecule has 9 heteroatoms. The van der Waals surface area contributed by atoms with Crippen molar-refractivity contribution in [2.24, 2.45) is 0 Å². The number of thioether (sulfide) groups is 1. The van der Waals surface area contributed by atoms with Gasteiger partial charge in [0.25, 0.3) is 11.6 Å². The van der Waals surface area contributed by atoms with E-state index in [1.807, 2.05) is 0 Å². The Bertz CT molecular complexity index is 1020. The molecule has 1 saturated heterocycles. The van der Waals surface area contributed by atoms with Gasteiger partial charge in [-0.2, -0.15) is 0 Å². The first kappa shape index (κ1) is 19.7. The standard InChI is InChI=1S/C20H18N2O5S2/c1-26-13-6-8-15(16(10-13)22(24)25)17-9-7-14(27-17)11-18-19(23)21(20(28)29-18)12-4-2-3-5-12/h6-12H,2-5H2,1H3/b18-11+. The number of benzene rings is 1. The second kappa shape index (κ2) is 8.00. The van der Waals surface area contributed by atoms with Crippen molar-refractivity contribution in [3.05, 3.63) is 51.1 Å². The molecule has 29 heavy (non-hydrogen) atoms. The molecule has 2 heterocycles. The Morgan fingerprint density at radius 1 is 1.31 bits per heavy atom. The maximum absolute atomic E-state index is 12.8. The lowest BCUT2D eigenvalue weighted by atomic mass is 10.1. The third kappa shape index (κ3) is 3.79. The zero-order chi connectivity index (χ0) is 20.5. The lowest BCUT2D eigenvalue weighted by Gasteiger charge is -2.21. The lowest BCUT2D eigenvalue weighted by Crippen LogP contribution is -2.36. The molecule has 0 N–H and O–H groups in total. The fourth-order valence-corrected chi connectivity index (χ4v) is 5.04. The highest BCUT2D eigenvalue weighted by molar-refractivity contribution is 8.26. The van der Waals surface area contributed by atoms with Crippen LogP contribution in [0.2, 0.25) is 0 Å². The van der Waals surface area contributed by atoms with Crippen molar-refractivity contribution in [3.63, 3.8) is 0 Å². The van der Waals surface area contributed by atoms with E-state index in [2.05, 4.69) is 0 Å². The van der Waals surface area contributed by atoms with Gasteiger partial charge >= 0.3 is 0 Å². The molecule has 1 saturated carbocycles. The Hall–Kier alpha value is -2.65. The van der Waals surface area contributed by atoms with Crippen molar-refractivity contribution < 1.29 is 18.9 Å². The molecule has 0 atom stereocenters. The predicted molar refractivity (Wildman–Crippen MR) is 115 cm³/mol. The number of thiocarbonyl (C=S) groups is 1. The Kier molecular flexibility index (Phi) is 5.42. The quantitative estimate of drug-likeness (QED) is 0.285. The van der Waals surface area contributed by atoms with Gasteiger partial charge in [-0.15, -0.1) is 0 Å². The van der Waals surface area contributed by atoms with E-state index in [1.165, 1.54) is 24.9 Å². The summed E-state index contributed by atoms with van der Waals surface area (Å²) in [5.74, 6) is 1.08. The number of carbonyl (C=O) groups excluding carboxylic acids is 1. The molecular weight excluding hydrogens is 412 g/mol. The van der Waals surface area contributed by atoms with Gasteiger partial charge in [-0.25, -0.2) is 0 Å². The second-order valence-electron chi connectivity index (χ2n) is 6.83. The number of hydrogen-bond donors (Lipinski definition) is 0. The highest BCUT2D eigenvalue weighted by Gasteiger charge is 2.38. The summed E-state index contributed by atoms with van der Waals surface area (Å²) in [7, 11) is 1.45. The Labute approximate surface area is 176 Å². The summed E-state index contributed by atoms with van der Waals surface area (Å²) < 4.78 is 11.4. The van der Waals surface area contributed by atoms with Gasteiger partial charge in [0, 0.05) is 12.1 Å². The van der Waals surface area contributed by atoms with Crippen molar-refractivity contribution in [3.8, 4) is 17.1 Å². The smallest absolute Gasteiger partial charge is 0.284 e. The van der Waals surface area contributed by atoms with Crippen LogP contribution in [0, 0.1) is 10.1 Å². The number of nitrogens with zero attached hydrogens (tertiary/aromatic N) is 2. The van der Waals surface area contributed by atoms with Crippen molar-refractivity contribution in [1.82, 2.24) is 4.90 Å². The van der Waals surface area contributed by atoms with Crippen LogP contribution in [0.25, 0.3) is 17.4 Å². The van der Waals surface area contributed by atoms with E-state index in [9.17, 15) is 14.9 Å². The van der Waals surface area contributed by atoms with Gasteiger partial charge in [-0.3, -0.25) is 19.8 Å². The number of carbonyl (C=O) groups is 1. The number of furan rings is 1. The molecule has 1 aromatic heterocycles. The minimum Gasteiger partial charge on any atom is -0.497 e. The average molecular weight is 431 g/mol. The van der Waals surface area contributed by atoms with Crippen LogP contribution in [0.15, 0.2) is 39.7 Å². The first-order valence-electron chi connectivity index (χ1n) is 9.17. The predicted octanol–water partition coefficient (Wildman–Crippen LogP) is 5.01. The normalized spacial score (nSPS) is 18.8. The van der Waals surface area contributed by atoms with Gasteiger partial charge < -0.3 is 9.15 Å². The Balaban J connectivity index is 1.61. The minimum absolute atomic E-state index is 0.0970. The highest BCUT2D eigenvalue weighted by Crippen LogP contribution is 2.39. The SMILES string of the molecule is COc1ccc(-c2ccc(/C=C3/SC(=S)N(C4CCCC4)C3=O)o2)c([N+](=O)[O-])c1. The number of rotatable bonds is 5. The molecule has 1 aliphatic heterocycles. The van der Waals surface area contributed by atoms with Crippen LogP contribution in [0.1, 0.15) is 31.4 Å². The van der Waals surface area contributed by atoms with E-state index < -0.39 is 4.92 Å². The van der Waals surface area contributed by atoms with E-state index in [0.29, 0.717) is 32.1 Å². The molecule has 0 unspecified atom stereocenters. The van der Waals surface area contributed by atoms with E-state index >= 15 is 0 Å². The van der Waals surface area contributed by atoms with Crippen LogP contribution in [-0.2, 0) is 4.79 Å². The van der Waals surface area contributed by atoms with Gasteiger partial charge in [-0.05, 0) is 37.1 Å². The molecule has 1 aromatic carbocycles. The molecule has 150 valence electrons. The highest BCUT2D eigenvalue weighted by atomic mass is 32.2. The third-order valence-electron chi connectivity index (χ3n) is 5.08. The molecule has 4 rings (SSSR count). The topological polar surface area (TPSA) is 85.8 Å². The summed E-state index contributed by atoms with van der Waals surface area (Å²) >= 11 is 6.67. The number of amides is 1. The van der Waals surface area contributed by atoms with Crippen molar-refractivity contribution in [1.29, 1.82) is 0 Å². The number of hydrogen-bond acceptors (Lipinski definition) is 7. The summed E-state index contributed by atoms with van der Waals surface area (Å²) in [5.41, 5.74) is 0.228. The number of nitro groups is 1. The molecule has 2 aromatic rings. The van der Waals surface area contributed by atoms with Gasteiger partial charge in [0.15, 0.2) is 0 Å². The lowest BCUT2D eigenvalue weighted by molar-refractivity contribution is -0.384. The van der Waals surface area contributed by atoms with Crippen LogP contribution in [0.5, 0.6) is 5.75 Å². The minimum atomic E-state index is -0.479. The van der Waals surface area contributed by atoms with Gasteiger partial charge in [0.1, 0.15) is 21.6 Å². The molecule has 7 nitrogen and oxygen atoms in total. The molecule has 1 aliphatic carbocycles. The molecule has 2 fully saturated rings. The number of nitro benzene ring substituents is 1. The van der Waals surface area contributed by atoms with Crippen LogP contribution < -0.4 is 4.74 Å². The molecule has 2 aliphatic rings. The van der Waals surface area contributed by atoms with Crippen LogP contribution >= 0.6 is 24.0 Å². The van der Waals surface area contributed by atoms with E-state index in [-0.39, 0.29) is 17.6 Å². The van der Waals surface area contributed by atoms with Crippen LogP contribution in [0.3, 0.4) is 0 Å². The van der Waals surface area contributed by atoms with Gasteiger partial charge in [0.2, 0.25) is 0 Å². The van der Waals surface area contributed by atoms with E-state index in [1.54, 1.807) is 35.2 Å².